The predicted octanol–water partition coefficient (Wildman–Crippen LogP) is 3.53. The van der Waals surface area contributed by atoms with Gasteiger partial charge in [-0.3, -0.25) is 4.79 Å². The van der Waals surface area contributed by atoms with E-state index in [0.29, 0.717) is 5.56 Å². The Bertz CT molecular complexity index is 593. The van der Waals surface area contributed by atoms with Crippen LogP contribution in [0.5, 0.6) is 0 Å². The lowest BCUT2D eigenvalue weighted by molar-refractivity contribution is 0.0962. The highest BCUT2D eigenvalue weighted by Crippen LogP contribution is 2.24. The molecule has 3 nitrogen and oxygen atoms in total. The van der Waals surface area contributed by atoms with Crippen molar-refractivity contribution in [3.05, 3.63) is 65.2 Å². The van der Waals surface area contributed by atoms with Gasteiger partial charge >= 0.3 is 0 Å². The second-order valence-corrected chi connectivity index (χ2v) is 4.83. The number of carbonyl (C=O) groups is 1. The normalized spacial score (nSPS) is 11.8. The van der Waals surface area contributed by atoms with E-state index in [1.807, 2.05) is 43.3 Å². The molecule has 1 unspecified atom stereocenters. The standard InChI is InChI=1S/C17H20N2O/c1-12-15(17(20)18-3)10-7-11-16(12)19-13(2)14-8-5-4-6-9-14/h4-11,13,19H,1-3H3,(H,18,20). The van der Waals surface area contributed by atoms with Gasteiger partial charge in [-0.25, -0.2) is 0 Å². The van der Waals surface area contributed by atoms with E-state index in [0.717, 1.165) is 11.3 Å². The van der Waals surface area contributed by atoms with E-state index in [4.69, 9.17) is 0 Å². The summed E-state index contributed by atoms with van der Waals surface area (Å²) in [5.74, 6) is -0.0569. The summed E-state index contributed by atoms with van der Waals surface area (Å²) in [5.41, 5.74) is 3.88. The fourth-order valence-corrected chi connectivity index (χ4v) is 2.23. The van der Waals surface area contributed by atoms with Crippen molar-refractivity contribution in [1.29, 1.82) is 0 Å². The molecule has 0 fully saturated rings. The van der Waals surface area contributed by atoms with Crippen LogP contribution in [0.4, 0.5) is 5.69 Å². The summed E-state index contributed by atoms with van der Waals surface area (Å²) in [6.45, 7) is 4.08. The Morgan fingerprint density at radius 1 is 1.05 bits per heavy atom. The van der Waals surface area contributed by atoms with Gasteiger partial charge in [0, 0.05) is 24.3 Å². The van der Waals surface area contributed by atoms with Gasteiger partial charge in [0.2, 0.25) is 0 Å². The lowest BCUT2D eigenvalue weighted by Gasteiger charge is -2.18. The Balaban J connectivity index is 2.24. The summed E-state index contributed by atoms with van der Waals surface area (Å²) in [7, 11) is 1.65. The van der Waals surface area contributed by atoms with E-state index >= 15 is 0 Å². The van der Waals surface area contributed by atoms with Crippen LogP contribution in [-0.4, -0.2) is 13.0 Å². The van der Waals surface area contributed by atoms with Gasteiger partial charge in [-0.15, -0.1) is 0 Å². The molecule has 2 rings (SSSR count). The van der Waals surface area contributed by atoms with Crippen molar-refractivity contribution < 1.29 is 4.79 Å². The molecule has 2 aromatic rings. The van der Waals surface area contributed by atoms with Crippen LogP contribution < -0.4 is 10.6 Å². The van der Waals surface area contributed by atoms with Crippen molar-refractivity contribution in [2.24, 2.45) is 0 Å². The summed E-state index contributed by atoms with van der Waals surface area (Å²) < 4.78 is 0. The van der Waals surface area contributed by atoms with Gasteiger partial charge in [0.15, 0.2) is 0 Å². The van der Waals surface area contributed by atoms with E-state index in [1.54, 1.807) is 7.05 Å². The number of nitrogens with one attached hydrogen (secondary N) is 2. The maximum atomic E-state index is 11.8. The summed E-state index contributed by atoms with van der Waals surface area (Å²) in [6, 6.07) is 16.2. The monoisotopic (exact) mass is 268 g/mol. The number of amides is 1. The van der Waals surface area contributed by atoms with E-state index in [2.05, 4.69) is 29.7 Å². The lowest BCUT2D eigenvalue weighted by atomic mass is 10.0. The van der Waals surface area contributed by atoms with E-state index < -0.39 is 0 Å². The van der Waals surface area contributed by atoms with E-state index in [9.17, 15) is 4.79 Å². The van der Waals surface area contributed by atoms with Crippen molar-refractivity contribution in [2.75, 3.05) is 12.4 Å². The first-order chi connectivity index (χ1) is 9.63. The molecule has 2 N–H and O–H groups in total. The van der Waals surface area contributed by atoms with Gasteiger partial charge in [-0.2, -0.15) is 0 Å². The van der Waals surface area contributed by atoms with Crippen LogP contribution in [0.15, 0.2) is 48.5 Å². The molecule has 0 saturated carbocycles. The molecule has 0 bridgehead atoms. The van der Waals surface area contributed by atoms with Crippen molar-refractivity contribution >= 4 is 11.6 Å². The number of anilines is 1. The van der Waals surface area contributed by atoms with Gasteiger partial charge < -0.3 is 10.6 Å². The first kappa shape index (κ1) is 14.1. The molecule has 0 spiro atoms. The minimum atomic E-state index is -0.0569. The minimum Gasteiger partial charge on any atom is -0.378 e. The third-order valence-electron chi connectivity index (χ3n) is 3.48. The van der Waals surface area contributed by atoms with Gasteiger partial charge in [0.25, 0.3) is 5.91 Å². The summed E-state index contributed by atoms with van der Waals surface area (Å²) in [6.07, 6.45) is 0. The second-order valence-electron chi connectivity index (χ2n) is 4.83. The fourth-order valence-electron chi connectivity index (χ4n) is 2.23. The molecule has 104 valence electrons. The molecule has 0 aliphatic heterocycles. The molecule has 0 aliphatic carbocycles. The van der Waals surface area contributed by atoms with Crippen molar-refractivity contribution in [2.45, 2.75) is 19.9 Å². The molecule has 2 aromatic carbocycles. The molecule has 1 amide bonds. The number of hydrogen-bond donors (Lipinski definition) is 2. The van der Waals surface area contributed by atoms with Crippen molar-refractivity contribution in [3.8, 4) is 0 Å². The maximum absolute atomic E-state index is 11.8. The first-order valence-corrected chi connectivity index (χ1v) is 6.76. The summed E-state index contributed by atoms with van der Waals surface area (Å²) in [4.78, 5) is 11.8. The third kappa shape index (κ3) is 2.99. The zero-order valence-electron chi connectivity index (χ0n) is 12.1. The highest BCUT2D eigenvalue weighted by molar-refractivity contribution is 5.96. The van der Waals surface area contributed by atoms with Gasteiger partial charge in [-0.1, -0.05) is 36.4 Å². The number of benzene rings is 2. The SMILES string of the molecule is CNC(=O)c1cccc(NC(C)c2ccccc2)c1C. The summed E-state index contributed by atoms with van der Waals surface area (Å²) in [5, 5.41) is 6.13. The van der Waals surface area contributed by atoms with E-state index in [1.165, 1.54) is 5.56 Å². The lowest BCUT2D eigenvalue weighted by Crippen LogP contribution is -2.19. The molecular weight excluding hydrogens is 248 g/mol. The van der Waals surface area contributed by atoms with Crippen LogP contribution in [0.25, 0.3) is 0 Å². The van der Waals surface area contributed by atoms with Crippen LogP contribution >= 0.6 is 0 Å². The smallest absolute Gasteiger partial charge is 0.251 e. The van der Waals surface area contributed by atoms with Gasteiger partial charge in [-0.05, 0) is 37.1 Å². The van der Waals surface area contributed by atoms with Gasteiger partial charge in [0.1, 0.15) is 0 Å². The number of hydrogen-bond acceptors (Lipinski definition) is 2. The minimum absolute atomic E-state index is 0.0569. The third-order valence-corrected chi connectivity index (χ3v) is 3.48. The zero-order chi connectivity index (χ0) is 14.5. The van der Waals surface area contributed by atoms with Crippen LogP contribution in [0.1, 0.15) is 34.5 Å². The Morgan fingerprint density at radius 2 is 1.75 bits per heavy atom. The van der Waals surface area contributed by atoms with Crippen LogP contribution in [0.2, 0.25) is 0 Å². The molecule has 0 aromatic heterocycles. The molecular formula is C17H20N2O. The predicted molar refractivity (Wildman–Crippen MR) is 83.0 cm³/mol. The van der Waals surface area contributed by atoms with Crippen LogP contribution in [-0.2, 0) is 0 Å². The van der Waals surface area contributed by atoms with Gasteiger partial charge in [0.05, 0.1) is 0 Å². The Labute approximate surface area is 120 Å². The Kier molecular flexibility index (Phi) is 4.41. The maximum Gasteiger partial charge on any atom is 0.251 e. The molecule has 20 heavy (non-hydrogen) atoms. The molecule has 0 heterocycles. The molecule has 0 radical (unpaired) electrons. The number of rotatable bonds is 4. The van der Waals surface area contributed by atoms with E-state index in [-0.39, 0.29) is 11.9 Å². The average molecular weight is 268 g/mol. The average Bonchev–Trinajstić information content (AvgIpc) is 2.49. The van der Waals surface area contributed by atoms with Crippen LogP contribution in [0.3, 0.4) is 0 Å². The number of carbonyl (C=O) groups excluding carboxylic acids is 1. The second kappa shape index (κ2) is 6.24. The fraction of sp³-hybridized carbons (Fsp3) is 0.235. The molecule has 0 saturated heterocycles. The largest absolute Gasteiger partial charge is 0.378 e. The Morgan fingerprint density at radius 3 is 2.40 bits per heavy atom. The Hall–Kier alpha value is -2.29. The topological polar surface area (TPSA) is 41.1 Å². The quantitative estimate of drug-likeness (QED) is 0.890. The van der Waals surface area contributed by atoms with Crippen LogP contribution in [0, 0.1) is 6.92 Å². The molecule has 0 aliphatic rings. The zero-order valence-corrected chi connectivity index (χ0v) is 12.1. The highest BCUT2D eigenvalue weighted by atomic mass is 16.1. The van der Waals surface area contributed by atoms with Crippen molar-refractivity contribution in [1.82, 2.24) is 5.32 Å². The highest BCUT2D eigenvalue weighted by Gasteiger charge is 2.12. The first-order valence-electron chi connectivity index (χ1n) is 6.76. The summed E-state index contributed by atoms with van der Waals surface area (Å²) >= 11 is 0. The van der Waals surface area contributed by atoms with Crippen molar-refractivity contribution in [3.63, 3.8) is 0 Å². The molecule has 1 atom stereocenters. The molecule has 3 heteroatoms.